The molecule has 3 aromatic rings. The van der Waals surface area contributed by atoms with Gasteiger partial charge >= 0.3 is 0 Å². The number of benzene rings is 2. The molecule has 0 unspecified atom stereocenters. The molecule has 0 aliphatic carbocycles. The van der Waals surface area contributed by atoms with Gasteiger partial charge in [0.05, 0.1) is 27.0 Å². The van der Waals surface area contributed by atoms with Crippen LogP contribution < -0.4 is 29.5 Å². The van der Waals surface area contributed by atoms with Crippen molar-refractivity contribution in [2.75, 3.05) is 26.1 Å². The van der Waals surface area contributed by atoms with E-state index >= 15 is 0 Å². The van der Waals surface area contributed by atoms with Crippen LogP contribution in [0.25, 0.3) is 5.70 Å². The molecular formula is C22H22N3O6S2-. The molecule has 1 heterocycles. The number of nitrogens with one attached hydrogen (secondary N) is 2. The Bertz CT molecular complexity index is 1230. The van der Waals surface area contributed by atoms with Gasteiger partial charge in [0.1, 0.15) is 4.21 Å². The van der Waals surface area contributed by atoms with Gasteiger partial charge in [-0.25, -0.2) is 8.42 Å². The standard InChI is InChI=1S/C22H23N3O6S2/c1-14(16-12-18(29-2)21(31-4)19(13-16)30-3)23-24-22(26)15-7-9-17(10-8-15)25-33(27,28)20-6-5-11-32-20/h5-13,23,25H,1H2,2-4H3,(H,24,26)/p-1. The van der Waals surface area contributed by atoms with E-state index in [0.29, 0.717) is 34.2 Å². The summed E-state index contributed by atoms with van der Waals surface area (Å²) in [5.74, 6) is 0.735. The summed E-state index contributed by atoms with van der Waals surface area (Å²) in [4.78, 5) is 0. The summed E-state index contributed by atoms with van der Waals surface area (Å²) in [7, 11) is 0.825. The molecule has 2 aromatic carbocycles. The predicted molar refractivity (Wildman–Crippen MR) is 126 cm³/mol. The number of anilines is 1. The van der Waals surface area contributed by atoms with Crippen LogP contribution in [0.5, 0.6) is 17.2 Å². The Balaban J connectivity index is 1.71. The molecule has 0 saturated carbocycles. The van der Waals surface area contributed by atoms with Gasteiger partial charge in [0, 0.05) is 17.1 Å². The van der Waals surface area contributed by atoms with Crippen molar-refractivity contribution in [1.29, 1.82) is 0 Å². The fraction of sp³-hybridized carbons (Fsp3) is 0.136. The molecule has 0 saturated heterocycles. The van der Waals surface area contributed by atoms with E-state index in [1.807, 2.05) is 0 Å². The van der Waals surface area contributed by atoms with E-state index in [1.165, 1.54) is 51.7 Å². The molecule has 174 valence electrons. The van der Waals surface area contributed by atoms with Gasteiger partial charge in [0.25, 0.3) is 10.0 Å². The number of hydrogen-bond acceptors (Lipinski definition) is 9. The molecule has 33 heavy (non-hydrogen) atoms. The first-order valence-corrected chi connectivity index (χ1v) is 11.8. The molecular weight excluding hydrogens is 466 g/mol. The second kappa shape index (κ2) is 10.3. The molecule has 0 spiro atoms. The Labute approximate surface area is 196 Å². The summed E-state index contributed by atoms with van der Waals surface area (Å²) in [6.45, 7) is 3.89. The van der Waals surface area contributed by atoms with Crippen LogP contribution >= 0.6 is 11.3 Å². The third-order valence-electron chi connectivity index (χ3n) is 4.45. The Kier molecular flexibility index (Phi) is 7.46. The average Bonchev–Trinajstić information content (AvgIpc) is 3.37. The van der Waals surface area contributed by atoms with Crippen molar-refractivity contribution < 1.29 is 27.7 Å². The van der Waals surface area contributed by atoms with Crippen molar-refractivity contribution >= 4 is 38.6 Å². The fourth-order valence-electron chi connectivity index (χ4n) is 2.81. The van der Waals surface area contributed by atoms with E-state index in [0.717, 1.165) is 11.3 Å². The molecule has 0 bridgehead atoms. The number of hydrogen-bond donors (Lipinski definition) is 2. The zero-order chi connectivity index (χ0) is 24.0. The Morgan fingerprint density at radius 3 is 2.15 bits per heavy atom. The third-order valence-corrected chi connectivity index (χ3v) is 7.23. The minimum Gasteiger partial charge on any atom is -0.857 e. The molecule has 9 nitrogen and oxygen atoms in total. The number of ether oxygens (including phenoxy) is 3. The first-order valence-electron chi connectivity index (χ1n) is 9.45. The second-order valence-electron chi connectivity index (χ2n) is 6.54. The van der Waals surface area contributed by atoms with Gasteiger partial charge in [-0.15, -0.1) is 11.3 Å². The highest BCUT2D eigenvalue weighted by Gasteiger charge is 2.15. The maximum Gasteiger partial charge on any atom is 0.271 e. The minimum atomic E-state index is -3.67. The number of methoxy groups -OCH3 is 3. The van der Waals surface area contributed by atoms with Gasteiger partial charge in [0.2, 0.25) is 5.75 Å². The summed E-state index contributed by atoms with van der Waals surface area (Å²) in [5, 5.41) is 17.9. The van der Waals surface area contributed by atoms with Gasteiger partial charge in [-0.05, 0) is 41.3 Å². The lowest BCUT2D eigenvalue weighted by Gasteiger charge is -2.16. The number of sulfonamides is 1. The topological polar surface area (TPSA) is 121 Å². The largest absolute Gasteiger partial charge is 0.857 e. The van der Waals surface area contributed by atoms with Crippen molar-refractivity contribution in [3.63, 3.8) is 0 Å². The number of nitrogens with zero attached hydrogens (tertiary/aromatic N) is 1. The van der Waals surface area contributed by atoms with Gasteiger partial charge in [-0.3, -0.25) is 10.1 Å². The quantitative estimate of drug-likeness (QED) is 0.256. The summed E-state index contributed by atoms with van der Waals surface area (Å²) in [6, 6.07) is 12.4. The van der Waals surface area contributed by atoms with E-state index in [4.69, 9.17) is 14.2 Å². The van der Waals surface area contributed by atoms with Gasteiger partial charge in [-0.2, -0.15) is 5.10 Å². The lowest BCUT2D eigenvalue weighted by atomic mass is 10.1. The van der Waals surface area contributed by atoms with Crippen LogP contribution in [-0.2, 0) is 10.0 Å². The van der Waals surface area contributed by atoms with Gasteiger partial charge in [-0.1, -0.05) is 24.8 Å². The van der Waals surface area contributed by atoms with Gasteiger partial charge in [0.15, 0.2) is 11.5 Å². The first kappa shape index (κ1) is 24.0. The van der Waals surface area contributed by atoms with E-state index in [-0.39, 0.29) is 9.77 Å². The van der Waals surface area contributed by atoms with Crippen molar-refractivity contribution in [3.05, 3.63) is 71.6 Å². The highest BCUT2D eigenvalue weighted by Crippen LogP contribution is 2.39. The van der Waals surface area contributed by atoms with E-state index in [9.17, 15) is 13.5 Å². The van der Waals surface area contributed by atoms with Crippen molar-refractivity contribution in [1.82, 2.24) is 5.43 Å². The molecule has 11 heteroatoms. The zero-order valence-electron chi connectivity index (χ0n) is 18.1. The maximum absolute atomic E-state index is 12.4. The Hall–Kier alpha value is -3.70. The minimum absolute atomic E-state index is 0.201. The van der Waals surface area contributed by atoms with Crippen molar-refractivity contribution in [3.8, 4) is 17.2 Å². The zero-order valence-corrected chi connectivity index (χ0v) is 19.7. The third kappa shape index (κ3) is 5.57. The molecule has 0 aliphatic heterocycles. The molecule has 0 aliphatic rings. The molecule has 2 N–H and O–H groups in total. The smallest absolute Gasteiger partial charge is 0.271 e. The van der Waals surface area contributed by atoms with E-state index in [1.54, 1.807) is 23.6 Å². The van der Waals surface area contributed by atoms with Crippen LogP contribution in [0.1, 0.15) is 11.1 Å². The monoisotopic (exact) mass is 488 g/mol. The molecule has 3 rings (SSSR count). The highest BCUT2D eigenvalue weighted by molar-refractivity contribution is 7.94. The Morgan fingerprint density at radius 1 is 1.00 bits per heavy atom. The summed E-state index contributed by atoms with van der Waals surface area (Å²) >= 11 is 1.11. The predicted octanol–water partition coefficient (Wildman–Crippen LogP) is 2.86. The Morgan fingerprint density at radius 2 is 1.64 bits per heavy atom. The maximum atomic E-state index is 12.4. The first-order chi connectivity index (χ1) is 15.8. The summed E-state index contributed by atoms with van der Waals surface area (Å²) in [5.41, 5.74) is 4.14. The lowest BCUT2D eigenvalue weighted by molar-refractivity contribution is -0.213. The van der Waals surface area contributed by atoms with Gasteiger partial charge < -0.3 is 19.3 Å². The average molecular weight is 489 g/mol. The van der Waals surface area contributed by atoms with Crippen LogP contribution in [0.15, 0.2) is 69.8 Å². The fourth-order valence-corrected chi connectivity index (χ4v) is 4.86. The van der Waals surface area contributed by atoms with E-state index in [2.05, 4.69) is 21.8 Å². The molecule has 0 amide bonds. The highest BCUT2D eigenvalue weighted by atomic mass is 32.2. The van der Waals surface area contributed by atoms with Crippen LogP contribution in [0.2, 0.25) is 0 Å². The lowest BCUT2D eigenvalue weighted by Crippen LogP contribution is -2.22. The molecule has 0 fully saturated rings. The van der Waals surface area contributed by atoms with Crippen LogP contribution in [-0.4, -0.2) is 35.6 Å². The van der Waals surface area contributed by atoms with Crippen LogP contribution in [0, 0.1) is 0 Å². The molecule has 0 atom stereocenters. The number of hydrazone groups is 1. The van der Waals surface area contributed by atoms with Crippen LogP contribution in [0.4, 0.5) is 5.69 Å². The normalized spacial score (nSPS) is 11.5. The van der Waals surface area contributed by atoms with Crippen LogP contribution in [0.3, 0.4) is 0 Å². The van der Waals surface area contributed by atoms with E-state index < -0.39 is 15.9 Å². The van der Waals surface area contributed by atoms with Crippen molar-refractivity contribution in [2.24, 2.45) is 5.10 Å². The second-order valence-corrected chi connectivity index (χ2v) is 9.39. The van der Waals surface area contributed by atoms with Crippen molar-refractivity contribution in [2.45, 2.75) is 4.21 Å². The molecule has 1 aromatic heterocycles. The number of rotatable bonds is 10. The summed E-state index contributed by atoms with van der Waals surface area (Å²) < 4.78 is 43.2. The summed E-state index contributed by atoms with van der Waals surface area (Å²) in [6.07, 6.45) is 0. The number of thiophene rings is 1. The SMILES string of the molecule is C=C(NN=C([O-])c1ccc(NS(=O)(=O)c2cccs2)cc1)c1cc(OC)c(OC)c(OC)c1. The molecule has 0 radical (unpaired) electrons.